The second kappa shape index (κ2) is 18.3. The molecule has 4 rings (SSSR count). The van der Waals surface area contributed by atoms with Crippen molar-refractivity contribution in [1.82, 2.24) is 9.80 Å². The fraction of sp³-hybridized carbons (Fsp3) is 0.732. The van der Waals surface area contributed by atoms with Crippen LogP contribution in [-0.4, -0.2) is 131 Å². The highest BCUT2D eigenvalue weighted by molar-refractivity contribution is 5.73. The highest BCUT2D eigenvalue weighted by atomic mass is 16.7. The van der Waals surface area contributed by atoms with Crippen LogP contribution in [0.25, 0.3) is 6.08 Å². The topological polar surface area (TPSA) is 130 Å². The number of nitrogens with zero attached hydrogens (tertiary/aromatic N) is 2. The normalized spacial score (nSPS) is 42.4. The molecule has 0 aliphatic carbocycles. The molecule has 2 unspecified atom stereocenters. The molecule has 3 heterocycles. The van der Waals surface area contributed by atoms with Crippen molar-refractivity contribution >= 4 is 12.0 Å². The number of likely N-dealkylation sites (N-methyl/N-ethyl adjacent to an activating group) is 1. The number of fused-ring (bicyclic) bond motifs is 6. The van der Waals surface area contributed by atoms with E-state index >= 15 is 0 Å². The van der Waals surface area contributed by atoms with Gasteiger partial charge in [0.05, 0.1) is 49.1 Å². The van der Waals surface area contributed by atoms with Gasteiger partial charge in [-0.25, -0.2) is 0 Å². The number of ether oxygens (including phenoxy) is 5. The number of hydrogen-bond donors (Lipinski definition) is 3. The maximum absolute atomic E-state index is 13.9. The van der Waals surface area contributed by atoms with Gasteiger partial charge in [0.1, 0.15) is 23.9 Å². The Balaban J connectivity index is 1.87. The molecule has 2 saturated heterocycles. The Hall–Kier alpha value is -2.35. The Morgan fingerprint density at radius 2 is 1.69 bits per heavy atom. The van der Waals surface area contributed by atoms with Gasteiger partial charge in [0.2, 0.25) is 0 Å². The SMILES string of the molecule is CC[C@H]1OC(=O)C(C)C(O)[C@H](C)[C@@H](O[C@@H]2O[C@H](C)C[C@H](N(C)C)[C@H]2O)[C@@]2(C)C[C@@H](C)CN(/C=C/c3ccccc3)[C@H](C)[C@@H](OC/C=C\CO2)[C@]1(C)O. The molecule has 3 aliphatic rings. The lowest BCUT2D eigenvalue weighted by molar-refractivity contribution is -0.303. The van der Waals surface area contributed by atoms with Crippen LogP contribution >= 0.6 is 0 Å². The Kier molecular flexibility index (Phi) is 14.9. The Morgan fingerprint density at radius 3 is 2.35 bits per heavy atom. The van der Waals surface area contributed by atoms with Gasteiger partial charge in [-0.1, -0.05) is 63.3 Å². The number of hydrogen-bond acceptors (Lipinski definition) is 11. The van der Waals surface area contributed by atoms with Gasteiger partial charge in [0.15, 0.2) is 6.29 Å². The summed E-state index contributed by atoms with van der Waals surface area (Å²) in [4.78, 5) is 18.0. The van der Waals surface area contributed by atoms with E-state index in [1.807, 2.05) is 108 Å². The van der Waals surface area contributed by atoms with Crippen molar-refractivity contribution in [2.24, 2.45) is 17.8 Å². The van der Waals surface area contributed by atoms with Crippen molar-refractivity contribution in [2.45, 2.75) is 141 Å². The number of benzene rings is 1. The molecule has 1 aromatic rings. The molecule has 11 heteroatoms. The van der Waals surface area contributed by atoms with Crippen LogP contribution in [0.1, 0.15) is 80.2 Å². The van der Waals surface area contributed by atoms with E-state index < -0.39 is 65.8 Å². The number of cyclic esters (lactones) is 1. The first-order valence-corrected chi connectivity index (χ1v) is 19.2. The molecule has 52 heavy (non-hydrogen) atoms. The molecule has 0 spiro atoms. The Morgan fingerprint density at radius 1 is 1.02 bits per heavy atom. The van der Waals surface area contributed by atoms with Crippen molar-refractivity contribution in [1.29, 1.82) is 0 Å². The zero-order valence-corrected chi connectivity index (χ0v) is 33.1. The second-order valence-electron chi connectivity index (χ2n) is 16.1. The van der Waals surface area contributed by atoms with Crippen LogP contribution in [0, 0.1) is 17.8 Å². The van der Waals surface area contributed by atoms with E-state index in [0.717, 1.165) is 5.56 Å². The van der Waals surface area contributed by atoms with Crippen LogP contribution in [-0.2, 0) is 28.5 Å². The summed E-state index contributed by atoms with van der Waals surface area (Å²) in [5.41, 5.74) is -1.59. The highest BCUT2D eigenvalue weighted by Gasteiger charge is 2.51. The third-order valence-corrected chi connectivity index (χ3v) is 11.5. The van der Waals surface area contributed by atoms with Crippen LogP contribution in [0.4, 0.5) is 0 Å². The number of carbonyl (C=O) groups is 1. The number of aliphatic hydroxyl groups is 3. The van der Waals surface area contributed by atoms with Gasteiger partial charge >= 0.3 is 5.97 Å². The predicted molar refractivity (Wildman–Crippen MR) is 201 cm³/mol. The van der Waals surface area contributed by atoms with E-state index in [-0.39, 0.29) is 37.3 Å². The first-order chi connectivity index (χ1) is 24.5. The first kappa shape index (κ1) is 42.4. The summed E-state index contributed by atoms with van der Waals surface area (Å²) < 4.78 is 32.5. The van der Waals surface area contributed by atoms with Crippen LogP contribution in [0.3, 0.4) is 0 Å². The molecule has 0 aromatic heterocycles. The van der Waals surface area contributed by atoms with E-state index in [2.05, 4.69) is 11.8 Å². The number of esters is 1. The van der Waals surface area contributed by atoms with Crippen LogP contribution in [0.5, 0.6) is 0 Å². The summed E-state index contributed by atoms with van der Waals surface area (Å²) >= 11 is 0. The maximum Gasteiger partial charge on any atom is 0.311 e. The lowest BCUT2D eigenvalue weighted by Crippen LogP contribution is -2.60. The molecular weight excluding hydrogens is 664 g/mol. The van der Waals surface area contributed by atoms with E-state index in [1.165, 1.54) is 0 Å². The van der Waals surface area contributed by atoms with Crippen molar-refractivity contribution in [3.8, 4) is 0 Å². The van der Waals surface area contributed by atoms with Crippen LogP contribution in [0.15, 0.2) is 48.7 Å². The van der Waals surface area contributed by atoms with E-state index in [4.69, 9.17) is 23.7 Å². The van der Waals surface area contributed by atoms with Crippen molar-refractivity contribution in [2.75, 3.05) is 33.9 Å². The smallest absolute Gasteiger partial charge is 0.311 e. The minimum Gasteiger partial charge on any atom is -0.459 e. The summed E-state index contributed by atoms with van der Waals surface area (Å²) in [5.74, 6) is -2.28. The largest absolute Gasteiger partial charge is 0.459 e. The standard InChI is InChI=1S/C41H66N2O9/c1-11-33-41(8,47)37-30(6)43(20-19-31-17-13-12-14-18-31)25-26(2)24-40(7,49-22-16-15-21-48-37)36(28(4)34(44)29(5)38(46)51-33)52-39-35(45)32(42(9)10)23-27(3)50-39/h12-20,26-30,32-37,39,44-45,47H,11,21-25H2,1-10H3/b16-15-,20-19+/t26-,27-,28+,29?,30-,32+,33-,34?,35-,36-,37-,39+,40-,41-/m1/s1. The molecular formula is C41H66N2O9. The quantitative estimate of drug-likeness (QED) is 0.280. The molecule has 11 nitrogen and oxygen atoms in total. The summed E-state index contributed by atoms with van der Waals surface area (Å²) in [6.07, 6.45) is 3.41. The van der Waals surface area contributed by atoms with Crippen molar-refractivity contribution in [3.05, 3.63) is 54.2 Å². The van der Waals surface area contributed by atoms with E-state index in [0.29, 0.717) is 25.8 Å². The van der Waals surface area contributed by atoms with Gasteiger partial charge in [0, 0.05) is 18.5 Å². The first-order valence-electron chi connectivity index (χ1n) is 19.2. The maximum atomic E-state index is 13.9. The van der Waals surface area contributed by atoms with Crippen LogP contribution < -0.4 is 0 Å². The minimum absolute atomic E-state index is 0.00769. The third kappa shape index (κ3) is 10.0. The van der Waals surface area contributed by atoms with Gasteiger partial charge in [-0.05, 0) is 91.7 Å². The average molecular weight is 731 g/mol. The van der Waals surface area contributed by atoms with E-state index in [9.17, 15) is 20.1 Å². The second-order valence-corrected chi connectivity index (χ2v) is 16.1. The van der Waals surface area contributed by atoms with Gasteiger partial charge < -0.3 is 48.8 Å². The molecule has 0 amide bonds. The summed E-state index contributed by atoms with van der Waals surface area (Å²) in [5, 5.41) is 35.9. The van der Waals surface area contributed by atoms with Gasteiger partial charge in [0.25, 0.3) is 0 Å². The summed E-state index contributed by atoms with van der Waals surface area (Å²) in [6.45, 7) is 16.1. The molecule has 3 N–H and O–H groups in total. The van der Waals surface area contributed by atoms with Gasteiger partial charge in [-0.2, -0.15) is 0 Å². The highest BCUT2D eigenvalue weighted by Crippen LogP contribution is 2.39. The number of rotatable bonds is 6. The van der Waals surface area contributed by atoms with Gasteiger partial charge in [-0.3, -0.25) is 4.79 Å². The Bertz CT molecular complexity index is 1320. The Labute approximate surface area is 311 Å². The molecule has 0 radical (unpaired) electrons. The number of aliphatic hydroxyl groups excluding tert-OH is 2. The van der Waals surface area contributed by atoms with Crippen LogP contribution in [0.2, 0.25) is 0 Å². The lowest BCUT2D eigenvalue weighted by atomic mass is 9.77. The zero-order valence-electron chi connectivity index (χ0n) is 33.1. The van der Waals surface area contributed by atoms with Gasteiger partial charge in [-0.15, -0.1) is 0 Å². The van der Waals surface area contributed by atoms with Crippen molar-refractivity contribution in [3.63, 3.8) is 0 Å². The molecule has 0 saturated carbocycles. The fourth-order valence-electron chi connectivity index (χ4n) is 8.43. The molecule has 2 bridgehead atoms. The fourth-order valence-corrected chi connectivity index (χ4v) is 8.43. The predicted octanol–water partition coefficient (Wildman–Crippen LogP) is 4.64. The molecule has 3 aliphatic heterocycles. The molecule has 2 fully saturated rings. The number of carbonyl (C=O) groups excluding carboxylic acids is 1. The zero-order chi connectivity index (χ0) is 38.4. The third-order valence-electron chi connectivity index (χ3n) is 11.5. The average Bonchev–Trinajstić information content (AvgIpc) is 3.10. The summed E-state index contributed by atoms with van der Waals surface area (Å²) in [6, 6.07) is 9.46. The van der Waals surface area contributed by atoms with Crippen molar-refractivity contribution < 1.29 is 43.8 Å². The minimum atomic E-state index is -1.60. The monoisotopic (exact) mass is 730 g/mol. The van der Waals surface area contributed by atoms with E-state index in [1.54, 1.807) is 13.8 Å². The molecule has 14 atom stereocenters. The summed E-state index contributed by atoms with van der Waals surface area (Å²) in [7, 11) is 3.85. The molecule has 1 aromatic carbocycles. The lowest BCUT2D eigenvalue weighted by Gasteiger charge is -2.48. The molecule has 294 valence electrons.